The highest BCUT2D eigenvalue weighted by molar-refractivity contribution is 5.81. The van der Waals surface area contributed by atoms with Crippen LogP contribution >= 0.6 is 0 Å². The zero-order chi connectivity index (χ0) is 20.9. The summed E-state index contributed by atoms with van der Waals surface area (Å²) in [7, 11) is 3.71. The Balaban J connectivity index is 1.41. The van der Waals surface area contributed by atoms with Crippen molar-refractivity contribution in [3.63, 3.8) is 0 Å². The van der Waals surface area contributed by atoms with Gasteiger partial charge in [0.15, 0.2) is 6.39 Å². The molecule has 2 aliphatic heterocycles. The molecule has 2 saturated heterocycles. The molecule has 1 spiro atoms. The molecule has 0 aromatic carbocycles. The first-order valence-corrected chi connectivity index (χ1v) is 10.2. The lowest BCUT2D eigenvalue weighted by molar-refractivity contribution is -0.130. The summed E-state index contributed by atoms with van der Waals surface area (Å²) in [6.07, 6.45) is 4.14. The van der Waals surface area contributed by atoms with E-state index in [9.17, 15) is 9.59 Å². The van der Waals surface area contributed by atoms with E-state index in [-0.39, 0.29) is 23.3 Å². The quantitative estimate of drug-likeness (QED) is 0.645. The molecule has 0 aliphatic carbocycles. The third-order valence-electron chi connectivity index (χ3n) is 6.02. The number of likely N-dealkylation sites (N-methyl/N-ethyl adjacent to an activating group) is 1. The SMILES string of the molecule is C[C@@H](C(=O)NCc1ncoc1CCNC(=O)C1CC2(CCOCC2)CO1)N(C)C. The number of hydrogen-bond donors (Lipinski definition) is 2. The summed E-state index contributed by atoms with van der Waals surface area (Å²) in [4.78, 5) is 30.6. The van der Waals surface area contributed by atoms with Crippen LogP contribution in [-0.4, -0.2) is 74.3 Å². The van der Waals surface area contributed by atoms with Crippen LogP contribution in [0, 0.1) is 5.41 Å². The van der Waals surface area contributed by atoms with E-state index in [1.165, 1.54) is 6.39 Å². The standard InChI is InChI=1S/C20H32N4O5/c1-14(24(2)3)18(25)22-11-15-16(29-13-23-15)4-7-21-19(26)17-10-20(12-28-17)5-8-27-9-6-20/h13-14,17H,4-12H2,1-3H3,(H,21,26)(H,22,25)/t14-,17?/m0/s1. The van der Waals surface area contributed by atoms with Gasteiger partial charge in [-0.2, -0.15) is 0 Å². The maximum atomic E-state index is 12.5. The Kier molecular flexibility index (Phi) is 7.26. The van der Waals surface area contributed by atoms with Gasteiger partial charge in [-0.3, -0.25) is 14.5 Å². The number of nitrogens with one attached hydrogen (secondary N) is 2. The van der Waals surface area contributed by atoms with Crippen molar-refractivity contribution in [2.75, 3.05) is 40.5 Å². The fourth-order valence-electron chi connectivity index (χ4n) is 3.72. The summed E-state index contributed by atoms with van der Waals surface area (Å²) >= 11 is 0. The second kappa shape index (κ2) is 9.69. The third kappa shape index (κ3) is 5.55. The van der Waals surface area contributed by atoms with Crippen LogP contribution in [0.5, 0.6) is 0 Å². The van der Waals surface area contributed by atoms with Crippen molar-refractivity contribution in [1.82, 2.24) is 20.5 Å². The molecule has 9 nitrogen and oxygen atoms in total. The molecule has 0 radical (unpaired) electrons. The van der Waals surface area contributed by atoms with Gasteiger partial charge in [-0.1, -0.05) is 0 Å². The molecule has 1 aromatic heterocycles. The number of rotatable bonds is 8. The van der Waals surface area contributed by atoms with Crippen molar-refractivity contribution >= 4 is 11.8 Å². The summed E-state index contributed by atoms with van der Waals surface area (Å²) in [5.74, 6) is 0.511. The van der Waals surface area contributed by atoms with Crippen LogP contribution in [0.15, 0.2) is 10.8 Å². The van der Waals surface area contributed by atoms with Crippen molar-refractivity contribution in [3.05, 3.63) is 17.8 Å². The second-order valence-electron chi connectivity index (χ2n) is 8.24. The largest absolute Gasteiger partial charge is 0.448 e. The van der Waals surface area contributed by atoms with E-state index < -0.39 is 6.10 Å². The Labute approximate surface area is 171 Å². The minimum Gasteiger partial charge on any atom is -0.448 e. The predicted octanol–water partition coefficient (Wildman–Crippen LogP) is 0.485. The Hall–Kier alpha value is -1.97. The van der Waals surface area contributed by atoms with Crippen LogP contribution in [0.3, 0.4) is 0 Å². The van der Waals surface area contributed by atoms with E-state index in [0.717, 1.165) is 32.5 Å². The van der Waals surface area contributed by atoms with Gasteiger partial charge < -0.3 is 24.5 Å². The molecule has 2 N–H and O–H groups in total. The maximum Gasteiger partial charge on any atom is 0.249 e. The smallest absolute Gasteiger partial charge is 0.249 e. The number of oxazole rings is 1. The van der Waals surface area contributed by atoms with E-state index in [2.05, 4.69) is 15.6 Å². The molecule has 0 saturated carbocycles. The van der Waals surface area contributed by atoms with Crippen LogP contribution < -0.4 is 10.6 Å². The third-order valence-corrected chi connectivity index (χ3v) is 6.02. The molecule has 0 bridgehead atoms. The number of carbonyl (C=O) groups is 2. The van der Waals surface area contributed by atoms with Gasteiger partial charge in [0.2, 0.25) is 11.8 Å². The van der Waals surface area contributed by atoms with Crippen LogP contribution in [0.2, 0.25) is 0 Å². The van der Waals surface area contributed by atoms with Crippen molar-refractivity contribution in [2.24, 2.45) is 5.41 Å². The van der Waals surface area contributed by atoms with Gasteiger partial charge in [0.05, 0.1) is 19.2 Å². The fourth-order valence-corrected chi connectivity index (χ4v) is 3.72. The number of hydrogen-bond acceptors (Lipinski definition) is 7. The van der Waals surface area contributed by atoms with Crippen LogP contribution in [-0.2, 0) is 32.0 Å². The van der Waals surface area contributed by atoms with Gasteiger partial charge >= 0.3 is 0 Å². The highest BCUT2D eigenvalue weighted by Gasteiger charge is 2.43. The van der Waals surface area contributed by atoms with Gasteiger partial charge in [0.1, 0.15) is 17.6 Å². The number of aromatic nitrogens is 1. The molecule has 2 fully saturated rings. The fraction of sp³-hybridized carbons (Fsp3) is 0.750. The Bertz CT molecular complexity index is 699. The number of amides is 2. The zero-order valence-corrected chi connectivity index (χ0v) is 17.5. The maximum absolute atomic E-state index is 12.5. The molecular formula is C20H32N4O5. The Morgan fingerprint density at radius 2 is 2.07 bits per heavy atom. The lowest BCUT2D eigenvalue weighted by Gasteiger charge is -2.31. The first-order valence-electron chi connectivity index (χ1n) is 10.2. The highest BCUT2D eigenvalue weighted by atomic mass is 16.5. The molecule has 3 rings (SSSR count). The first-order chi connectivity index (χ1) is 13.9. The van der Waals surface area contributed by atoms with E-state index in [0.29, 0.717) is 37.6 Å². The van der Waals surface area contributed by atoms with Crippen molar-refractivity contribution in [2.45, 2.75) is 51.3 Å². The van der Waals surface area contributed by atoms with Crippen molar-refractivity contribution in [3.8, 4) is 0 Å². The average molecular weight is 408 g/mol. The molecule has 2 amide bonds. The predicted molar refractivity (Wildman–Crippen MR) is 105 cm³/mol. The summed E-state index contributed by atoms with van der Waals surface area (Å²) in [6, 6.07) is -0.227. The molecular weight excluding hydrogens is 376 g/mol. The number of nitrogens with zero attached hydrogens (tertiary/aromatic N) is 2. The molecule has 9 heteroatoms. The van der Waals surface area contributed by atoms with Crippen LogP contribution in [0.1, 0.15) is 37.6 Å². The summed E-state index contributed by atoms with van der Waals surface area (Å²) in [5.41, 5.74) is 0.775. The zero-order valence-electron chi connectivity index (χ0n) is 17.5. The van der Waals surface area contributed by atoms with Gasteiger partial charge in [-0.05, 0) is 40.3 Å². The van der Waals surface area contributed by atoms with Gasteiger partial charge in [0, 0.05) is 31.6 Å². The molecule has 1 unspecified atom stereocenters. The van der Waals surface area contributed by atoms with E-state index in [1.54, 1.807) is 0 Å². The topological polar surface area (TPSA) is 106 Å². The number of carbonyl (C=O) groups excluding carboxylic acids is 2. The summed E-state index contributed by atoms with van der Waals surface area (Å²) in [5, 5.41) is 5.80. The van der Waals surface area contributed by atoms with Crippen LogP contribution in [0.25, 0.3) is 0 Å². The van der Waals surface area contributed by atoms with E-state index in [1.807, 2.05) is 25.9 Å². The lowest BCUT2D eigenvalue weighted by Crippen LogP contribution is -2.41. The Morgan fingerprint density at radius 1 is 1.31 bits per heavy atom. The Morgan fingerprint density at radius 3 is 2.79 bits per heavy atom. The van der Waals surface area contributed by atoms with Gasteiger partial charge in [-0.25, -0.2) is 4.98 Å². The van der Waals surface area contributed by atoms with Gasteiger partial charge in [-0.15, -0.1) is 0 Å². The normalized spacial score (nSPS) is 22.0. The van der Waals surface area contributed by atoms with Crippen LogP contribution in [0.4, 0.5) is 0 Å². The summed E-state index contributed by atoms with van der Waals surface area (Å²) in [6.45, 7) is 4.69. The van der Waals surface area contributed by atoms with E-state index in [4.69, 9.17) is 13.9 Å². The second-order valence-corrected chi connectivity index (χ2v) is 8.24. The highest BCUT2D eigenvalue weighted by Crippen LogP contribution is 2.41. The van der Waals surface area contributed by atoms with Gasteiger partial charge in [0.25, 0.3) is 0 Å². The van der Waals surface area contributed by atoms with E-state index >= 15 is 0 Å². The molecule has 3 heterocycles. The van der Waals surface area contributed by atoms with Crippen molar-refractivity contribution in [1.29, 1.82) is 0 Å². The molecule has 2 atom stereocenters. The first kappa shape index (κ1) is 21.7. The molecule has 162 valence electrons. The minimum absolute atomic E-state index is 0.0716. The molecule has 1 aromatic rings. The lowest BCUT2D eigenvalue weighted by atomic mass is 9.78. The van der Waals surface area contributed by atoms with Crippen molar-refractivity contribution < 1.29 is 23.5 Å². The number of ether oxygens (including phenoxy) is 2. The summed E-state index contributed by atoms with van der Waals surface area (Å²) < 4.78 is 16.6. The minimum atomic E-state index is -0.394. The molecule has 2 aliphatic rings. The monoisotopic (exact) mass is 408 g/mol. The average Bonchev–Trinajstić information content (AvgIpc) is 3.33. The molecule has 29 heavy (non-hydrogen) atoms.